The van der Waals surface area contributed by atoms with Crippen molar-refractivity contribution in [2.45, 2.75) is 0 Å². The van der Waals surface area contributed by atoms with Gasteiger partial charge in [0.1, 0.15) is 11.3 Å². The molecule has 2 aliphatic rings. The number of anilines is 1. The van der Waals surface area contributed by atoms with Gasteiger partial charge >= 0.3 is 6.03 Å². The van der Waals surface area contributed by atoms with Crippen molar-refractivity contribution < 1.29 is 33.3 Å². The lowest BCUT2D eigenvalue weighted by Gasteiger charge is -2.33. The number of barbiturate groups is 1. The number of methoxy groups -OCH3 is 2. The van der Waals surface area contributed by atoms with E-state index < -0.39 is 17.8 Å². The first-order chi connectivity index (χ1) is 15.0. The fraction of sp³-hybridized carbons (Fsp3) is 0.227. The van der Waals surface area contributed by atoms with Crippen LogP contribution in [0.3, 0.4) is 0 Å². The molecule has 2 aromatic rings. The van der Waals surface area contributed by atoms with Gasteiger partial charge in [0.2, 0.25) is 6.79 Å². The van der Waals surface area contributed by atoms with Gasteiger partial charge in [-0.2, -0.15) is 0 Å². The average molecular weight is 424 g/mol. The SMILES string of the molecule is COCCN1C(=O)/C(=C/c2cc3c(cc2OC)OCO3)C(=O)N(c2ccccc2)C1=O. The van der Waals surface area contributed by atoms with Crippen molar-refractivity contribution in [1.82, 2.24) is 4.90 Å². The number of carbonyl (C=O) groups is 3. The average Bonchev–Trinajstić information content (AvgIpc) is 3.24. The minimum absolute atomic E-state index is 0.000391. The third-order valence-corrected chi connectivity index (χ3v) is 4.89. The first-order valence-electron chi connectivity index (χ1n) is 9.48. The number of rotatable bonds is 6. The number of benzene rings is 2. The molecule has 160 valence electrons. The number of ether oxygens (including phenoxy) is 4. The lowest BCUT2D eigenvalue weighted by atomic mass is 10.0. The number of amides is 4. The molecule has 0 aromatic heterocycles. The summed E-state index contributed by atoms with van der Waals surface area (Å²) < 4.78 is 21.2. The summed E-state index contributed by atoms with van der Waals surface area (Å²) in [5.74, 6) is -0.0730. The second-order valence-corrected chi connectivity index (χ2v) is 6.71. The molecular formula is C22H20N2O7. The van der Waals surface area contributed by atoms with E-state index in [2.05, 4.69) is 0 Å². The fourth-order valence-corrected chi connectivity index (χ4v) is 3.34. The van der Waals surface area contributed by atoms with Crippen LogP contribution in [0.5, 0.6) is 17.2 Å². The fourth-order valence-electron chi connectivity index (χ4n) is 3.34. The maximum absolute atomic E-state index is 13.3. The highest BCUT2D eigenvalue weighted by Gasteiger charge is 2.42. The second kappa shape index (κ2) is 8.49. The molecule has 0 spiro atoms. The molecule has 0 radical (unpaired) electrons. The Morgan fingerprint density at radius 1 is 1.00 bits per heavy atom. The zero-order valence-corrected chi connectivity index (χ0v) is 17.0. The Morgan fingerprint density at radius 2 is 1.71 bits per heavy atom. The van der Waals surface area contributed by atoms with Gasteiger partial charge in [-0.05, 0) is 24.3 Å². The predicted octanol–water partition coefficient (Wildman–Crippen LogP) is 2.45. The highest BCUT2D eigenvalue weighted by Crippen LogP contribution is 2.39. The van der Waals surface area contributed by atoms with Crippen molar-refractivity contribution in [3.8, 4) is 17.2 Å². The summed E-state index contributed by atoms with van der Waals surface area (Å²) in [7, 11) is 2.93. The van der Waals surface area contributed by atoms with Crippen molar-refractivity contribution in [3.05, 3.63) is 53.6 Å². The van der Waals surface area contributed by atoms with Crippen LogP contribution < -0.4 is 19.1 Å². The molecule has 2 aromatic carbocycles. The van der Waals surface area contributed by atoms with Gasteiger partial charge < -0.3 is 18.9 Å². The van der Waals surface area contributed by atoms with Gasteiger partial charge in [0, 0.05) is 18.7 Å². The van der Waals surface area contributed by atoms with Crippen LogP contribution in [0.2, 0.25) is 0 Å². The quantitative estimate of drug-likeness (QED) is 0.519. The van der Waals surface area contributed by atoms with Gasteiger partial charge in [0.25, 0.3) is 11.8 Å². The molecule has 2 heterocycles. The molecule has 0 bridgehead atoms. The normalized spacial score (nSPS) is 17.0. The number of fused-ring (bicyclic) bond motifs is 1. The van der Waals surface area contributed by atoms with E-state index in [1.807, 2.05) is 0 Å². The van der Waals surface area contributed by atoms with Crippen LogP contribution in [0.1, 0.15) is 5.56 Å². The number of imide groups is 2. The van der Waals surface area contributed by atoms with Crippen molar-refractivity contribution in [3.63, 3.8) is 0 Å². The number of carbonyl (C=O) groups excluding carboxylic acids is 3. The molecule has 0 atom stereocenters. The molecule has 9 heteroatoms. The summed E-state index contributed by atoms with van der Waals surface area (Å²) in [6.07, 6.45) is 1.40. The highest BCUT2D eigenvalue weighted by molar-refractivity contribution is 6.39. The topological polar surface area (TPSA) is 94.6 Å². The summed E-state index contributed by atoms with van der Waals surface area (Å²) in [6, 6.07) is 10.9. The van der Waals surface area contributed by atoms with E-state index in [9.17, 15) is 14.4 Å². The molecule has 0 saturated carbocycles. The van der Waals surface area contributed by atoms with Crippen molar-refractivity contribution in [2.75, 3.05) is 39.1 Å². The Morgan fingerprint density at radius 3 is 2.39 bits per heavy atom. The van der Waals surface area contributed by atoms with Crippen LogP contribution >= 0.6 is 0 Å². The highest BCUT2D eigenvalue weighted by atomic mass is 16.7. The summed E-state index contributed by atoms with van der Waals surface area (Å²) >= 11 is 0. The molecular weight excluding hydrogens is 404 g/mol. The largest absolute Gasteiger partial charge is 0.496 e. The van der Waals surface area contributed by atoms with E-state index in [4.69, 9.17) is 18.9 Å². The molecule has 1 fully saturated rings. The minimum Gasteiger partial charge on any atom is -0.496 e. The lowest BCUT2D eigenvalue weighted by molar-refractivity contribution is -0.129. The Bertz CT molecular complexity index is 1070. The molecule has 0 aliphatic carbocycles. The van der Waals surface area contributed by atoms with Crippen LogP contribution in [0, 0.1) is 0 Å². The standard InChI is InChI=1S/C22H20N2O7/c1-28-9-8-23-20(25)16(21(26)24(22(23)27)15-6-4-3-5-7-15)10-14-11-18-19(31-13-30-18)12-17(14)29-2/h3-7,10-12H,8-9,13H2,1-2H3/b16-10-. The van der Waals surface area contributed by atoms with E-state index in [0.29, 0.717) is 28.5 Å². The molecule has 1 saturated heterocycles. The van der Waals surface area contributed by atoms with Crippen LogP contribution in [0.4, 0.5) is 10.5 Å². The van der Waals surface area contributed by atoms with Crippen LogP contribution in [0.25, 0.3) is 6.08 Å². The second-order valence-electron chi connectivity index (χ2n) is 6.71. The molecule has 31 heavy (non-hydrogen) atoms. The molecule has 4 amide bonds. The summed E-state index contributed by atoms with van der Waals surface area (Å²) in [5, 5.41) is 0. The van der Waals surface area contributed by atoms with Crippen LogP contribution in [-0.4, -0.2) is 56.9 Å². The number of hydrogen-bond acceptors (Lipinski definition) is 7. The lowest BCUT2D eigenvalue weighted by Crippen LogP contribution is -2.57. The summed E-state index contributed by atoms with van der Waals surface area (Å²) in [6.45, 7) is 0.201. The Kier molecular flexibility index (Phi) is 5.59. The zero-order chi connectivity index (χ0) is 22.0. The molecule has 9 nitrogen and oxygen atoms in total. The summed E-state index contributed by atoms with van der Waals surface area (Å²) in [4.78, 5) is 41.3. The van der Waals surface area contributed by atoms with E-state index >= 15 is 0 Å². The Hall–Kier alpha value is -3.85. The van der Waals surface area contributed by atoms with Crippen molar-refractivity contribution in [2.24, 2.45) is 0 Å². The van der Waals surface area contributed by atoms with Gasteiger partial charge in [-0.25, -0.2) is 9.69 Å². The van der Waals surface area contributed by atoms with Crippen LogP contribution in [0.15, 0.2) is 48.0 Å². The van der Waals surface area contributed by atoms with Crippen LogP contribution in [-0.2, 0) is 14.3 Å². The Labute approximate surface area is 178 Å². The van der Waals surface area contributed by atoms with E-state index in [1.54, 1.807) is 42.5 Å². The third-order valence-electron chi connectivity index (χ3n) is 4.89. The van der Waals surface area contributed by atoms with Crippen molar-refractivity contribution >= 4 is 29.6 Å². The molecule has 2 aliphatic heterocycles. The van der Waals surface area contributed by atoms with Gasteiger partial charge in [-0.15, -0.1) is 0 Å². The van der Waals surface area contributed by atoms with Gasteiger partial charge in [-0.3, -0.25) is 14.5 Å². The molecule has 0 unspecified atom stereocenters. The zero-order valence-electron chi connectivity index (χ0n) is 17.0. The van der Waals surface area contributed by atoms with Gasteiger partial charge in [-0.1, -0.05) is 18.2 Å². The number of para-hydroxylation sites is 1. The smallest absolute Gasteiger partial charge is 0.338 e. The van der Waals surface area contributed by atoms with Gasteiger partial charge in [0.05, 0.1) is 25.9 Å². The van der Waals surface area contributed by atoms with E-state index in [-0.39, 0.29) is 25.5 Å². The number of nitrogens with zero attached hydrogens (tertiary/aromatic N) is 2. The molecule has 4 rings (SSSR count). The summed E-state index contributed by atoms with van der Waals surface area (Å²) in [5.41, 5.74) is 0.616. The molecule has 0 N–H and O–H groups in total. The predicted molar refractivity (Wildman–Crippen MR) is 110 cm³/mol. The van der Waals surface area contributed by atoms with E-state index in [0.717, 1.165) is 9.80 Å². The first-order valence-corrected chi connectivity index (χ1v) is 9.48. The number of urea groups is 1. The maximum Gasteiger partial charge on any atom is 0.338 e. The monoisotopic (exact) mass is 424 g/mol. The van der Waals surface area contributed by atoms with E-state index in [1.165, 1.54) is 20.3 Å². The number of hydrogen-bond donors (Lipinski definition) is 0. The van der Waals surface area contributed by atoms with Gasteiger partial charge in [0.15, 0.2) is 11.5 Å². The maximum atomic E-state index is 13.3. The Balaban J connectivity index is 1.81. The van der Waals surface area contributed by atoms with Crippen molar-refractivity contribution in [1.29, 1.82) is 0 Å². The first kappa shape index (κ1) is 20.4. The minimum atomic E-state index is -0.729. The third kappa shape index (κ3) is 3.71.